The summed E-state index contributed by atoms with van der Waals surface area (Å²) in [4.78, 5) is 14.6. The van der Waals surface area contributed by atoms with Gasteiger partial charge in [0.2, 0.25) is 5.91 Å². The molecule has 3 nitrogen and oxygen atoms in total. The van der Waals surface area contributed by atoms with Crippen molar-refractivity contribution in [1.29, 1.82) is 0 Å². The third kappa shape index (κ3) is 3.67. The minimum absolute atomic E-state index is 0. The fourth-order valence-corrected chi connectivity index (χ4v) is 3.03. The Hall–Kier alpha value is -1.58. The molecule has 1 amide bonds. The number of hydrogen-bond acceptors (Lipinski definition) is 2. The van der Waals surface area contributed by atoms with Crippen molar-refractivity contribution in [2.24, 2.45) is 5.73 Å². The maximum atomic E-state index is 12.6. The zero-order valence-electron chi connectivity index (χ0n) is 13.7. The molecule has 1 aliphatic rings. The van der Waals surface area contributed by atoms with Crippen molar-refractivity contribution in [2.45, 2.75) is 51.2 Å². The van der Waals surface area contributed by atoms with Crippen LogP contribution in [0.3, 0.4) is 0 Å². The number of carbonyl (C=O) groups is 1. The maximum absolute atomic E-state index is 12.6. The smallest absolute Gasteiger partial charge is 0.240 e. The molecule has 2 N–H and O–H groups in total. The zero-order chi connectivity index (χ0) is 15.7. The number of benzene rings is 2. The molecule has 2 unspecified atom stereocenters. The van der Waals surface area contributed by atoms with E-state index in [4.69, 9.17) is 5.73 Å². The van der Waals surface area contributed by atoms with Gasteiger partial charge in [-0.1, -0.05) is 43.3 Å². The first-order valence-electron chi connectivity index (χ1n) is 8.18. The fraction of sp³-hybridized carbons (Fsp3) is 0.421. The third-order valence-electron chi connectivity index (χ3n) is 4.62. The van der Waals surface area contributed by atoms with Gasteiger partial charge in [0, 0.05) is 6.04 Å². The quantitative estimate of drug-likeness (QED) is 0.897. The SMILES string of the molecule is CCC(N)C(=O)N(C1CC1)C(C)c1ccc2ccccc2c1.Cl. The van der Waals surface area contributed by atoms with E-state index in [-0.39, 0.29) is 30.4 Å². The van der Waals surface area contributed by atoms with Gasteiger partial charge in [-0.3, -0.25) is 4.79 Å². The highest BCUT2D eigenvalue weighted by atomic mass is 35.5. The van der Waals surface area contributed by atoms with Crippen LogP contribution in [0.5, 0.6) is 0 Å². The van der Waals surface area contributed by atoms with E-state index in [2.05, 4.69) is 37.3 Å². The molecule has 1 fully saturated rings. The normalized spacial score (nSPS) is 16.5. The summed E-state index contributed by atoms with van der Waals surface area (Å²) in [6.07, 6.45) is 2.88. The van der Waals surface area contributed by atoms with Gasteiger partial charge in [-0.2, -0.15) is 0 Å². The second-order valence-electron chi connectivity index (χ2n) is 6.27. The second kappa shape index (κ2) is 7.33. The first kappa shape index (κ1) is 17.8. The molecule has 0 spiro atoms. The third-order valence-corrected chi connectivity index (χ3v) is 4.62. The van der Waals surface area contributed by atoms with Crippen LogP contribution in [0.2, 0.25) is 0 Å². The molecule has 0 aromatic heterocycles. The van der Waals surface area contributed by atoms with Gasteiger partial charge in [-0.05, 0) is 48.6 Å². The fourth-order valence-electron chi connectivity index (χ4n) is 3.03. The lowest BCUT2D eigenvalue weighted by Gasteiger charge is -2.32. The van der Waals surface area contributed by atoms with Crippen molar-refractivity contribution in [1.82, 2.24) is 4.90 Å². The lowest BCUT2D eigenvalue weighted by molar-refractivity contribution is -0.135. The Balaban J connectivity index is 0.00000192. The molecule has 23 heavy (non-hydrogen) atoms. The lowest BCUT2D eigenvalue weighted by atomic mass is 10.0. The van der Waals surface area contributed by atoms with Crippen molar-refractivity contribution in [3.05, 3.63) is 48.0 Å². The van der Waals surface area contributed by atoms with Crippen molar-refractivity contribution in [3.8, 4) is 0 Å². The highest BCUT2D eigenvalue weighted by Crippen LogP contribution is 2.35. The van der Waals surface area contributed by atoms with Crippen LogP contribution >= 0.6 is 12.4 Å². The highest BCUT2D eigenvalue weighted by Gasteiger charge is 2.37. The summed E-state index contributed by atoms with van der Waals surface area (Å²) >= 11 is 0. The van der Waals surface area contributed by atoms with Crippen molar-refractivity contribution >= 4 is 29.1 Å². The van der Waals surface area contributed by atoms with Gasteiger partial charge in [0.05, 0.1) is 12.1 Å². The van der Waals surface area contributed by atoms with Gasteiger partial charge in [0.25, 0.3) is 0 Å². The number of fused-ring (bicyclic) bond motifs is 1. The topological polar surface area (TPSA) is 46.3 Å². The first-order chi connectivity index (χ1) is 10.6. The Bertz CT molecular complexity index is 684. The summed E-state index contributed by atoms with van der Waals surface area (Å²) in [6, 6.07) is 14.8. The number of hydrogen-bond donors (Lipinski definition) is 1. The second-order valence-corrected chi connectivity index (χ2v) is 6.27. The molecule has 0 saturated heterocycles. The van der Waals surface area contributed by atoms with E-state index in [1.54, 1.807) is 0 Å². The minimum Gasteiger partial charge on any atom is -0.332 e. The van der Waals surface area contributed by atoms with Crippen molar-refractivity contribution in [2.75, 3.05) is 0 Å². The summed E-state index contributed by atoms with van der Waals surface area (Å²) in [6.45, 7) is 4.08. The number of halogens is 1. The van der Waals surface area contributed by atoms with Crippen molar-refractivity contribution < 1.29 is 4.79 Å². The Morgan fingerprint density at radius 2 is 1.87 bits per heavy atom. The van der Waals surface area contributed by atoms with Crippen LogP contribution in [-0.4, -0.2) is 22.9 Å². The lowest BCUT2D eigenvalue weighted by Crippen LogP contribution is -2.45. The summed E-state index contributed by atoms with van der Waals surface area (Å²) < 4.78 is 0. The average molecular weight is 333 g/mol. The van der Waals surface area contributed by atoms with Crippen LogP contribution in [0.4, 0.5) is 0 Å². The van der Waals surface area contributed by atoms with E-state index in [0.29, 0.717) is 12.5 Å². The van der Waals surface area contributed by atoms with Crippen molar-refractivity contribution in [3.63, 3.8) is 0 Å². The molecule has 1 aliphatic carbocycles. The number of carbonyl (C=O) groups excluding carboxylic acids is 1. The summed E-state index contributed by atoms with van der Waals surface area (Å²) in [5.74, 6) is 0.0886. The molecule has 1 saturated carbocycles. The molecule has 0 heterocycles. The summed E-state index contributed by atoms with van der Waals surface area (Å²) in [7, 11) is 0. The molecule has 4 heteroatoms. The van der Waals surface area contributed by atoms with Gasteiger partial charge in [-0.15, -0.1) is 12.4 Å². The molecule has 2 atom stereocenters. The molecular formula is C19H25ClN2O. The van der Waals surface area contributed by atoms with E-state index < -0.39 is 0 Å². The molecular weight excluding hydrogens is 308 g/mol. The maximum Gasteiger partial charge on any atom is 0.240 e. The van der Waals surface area contributed by atoms with E-state index in [0.717, 1.165) is 12.8 Å². The average Bonchev–Trinajstić information content (AvgIpc) is 3.38. The first-order valence-corrected chi connectivity index (χ1v) is 8.18. The Morgan fingerprint density at radius 1 is 1.22 bits per heavy atom. The molecule has 0 aliphatic heterocycles. The van der Waals surface area contributed by atoms with Crippen LogP contribution in [0.25, 0.3) is 10.8 Å². The van der Waals surface area contributed by atoms with Crippen LogP contribution < -0.4 is 5.73 Å². The van der Waals surface area contributed by atoms with Gasteiger partial charge < -0.3 is 10.6 Å². The minimum atomic E-state index is -0.386. The van der Waals surface area contributed by atoms with E-state index in [1.807, 2.05) is 24.0 Å². The number of nitrogens with two attached hydrogens (primary N) is 1. The Kier molecular flexibility index (Phi) is 5.66. The number of rotatable bonds is 5. The van der Waals surface area contributed by atoms with Crippen LogP contribution in [0.15, 0.2) is 42.5 Å². The molecule has 0 bridgehead atoms. The van der Waals surface area contributed by atoms with Gasteiger partial charge >= 0.3 is 0 Å². The van der Waals surface area contributed by atoms with Crippen LogP contribution in [-0.2, 0) is 4.79 Å². The van der Waals surface area contributed by atoms with Crippen LogP contribution in [0.1, 0.15) is 44.7 Å². The molecule has 124 valence electrons. The molecule has 0 radical (unpaired) electrons. The van der Waals surface area contributed by atoms with Crippen LogP contribution in [0, 0.1) is 0 Å². The Labute approximate surface area is 144 Å². The Morgan fingerprint density at radius 3 is 2.48 bits per heavy atom. The molecule has 2 aromatic rings. The van der Waals surface area contributed by atoms with E-state index in [1.165, 1.54) is 16.3 Å². The van der Waals surface area contributed by atoms with Gasteiger partial charge in [0.15, 0.2) is 0 Å². The monoisotopic (exact) mass is 332 g/mol. The molecule has 3 rings (SSSR count). The molecule has 2 aromatic carbocycles. The highest BCUT2D eigenvalue weighted by molar-refractivity contribution is 5.85. The largest absolute Gasteiger partial charge is 0.332 e. The van der Waals surface area contributed by atoms with Gasteiger partial charge in [0.1, 0.15) is 0 Å². The predicted molar refractivity (Wildman–Crippen MR) is 97.7 cm³/mol. The standard InChI is InChI=1S/C19H24N2O.ClH/c1-3-18(20)19(22)21(17-10-11-17)13(2)15-9-8-14-6-4-5-7-16(14)12-15;/h4-9,12-13,17-18H,3,10-11,20H2,1-2H3;1H. The summed E-state index contributed by atoms with van der Waals surface area (Å²) in [5, 5.41) is 2.45. The number of nitrogens with zero attached hydrogens (tertiary/aromatic N) is 1. The number of amides is 1. The predicted octanol–water partition coefficient (Wildman–Crippen LogP) is 4.05. The van der Waals surface area contributed by atoms with Gasteiger partial charge in [-0.25, -0.2) is 0 Å². The van der Waals surface area contributed by atoms with E-state index >= 15 is 0 Å². The zero-order valence-corrected chi connectivity index (χ0v) is 14.6. The summed E-state index contributed by atoms with van der Waals surface area (Å²) in [5.41, 5.74) is 7.18. The van der Waals surface area contributed by atoms with E-state index in [9.17, 15) is 4.79 Å².